The minimum Gasteiger partial charge on any atom is -0.496 e. The summed E-state index contributed by atoms with van der Waals surface area (Å²) >= 11 is 0. The lowest BCUT2D eigenvalue weighted by Crippen LogP contribution is -2.13. The van der Waals surface area contributed by atoms with Crippen molar-refractivity contribution >= 4 is 22.8 Å². The summed E-state index contributed by atoms with van der Waals surface area (Å²) in [7, 11) is 1.48. The molecule has 2 fully saturated rings. The minimum atomic E-state index is -1.03. The van der Waals surface area contributed by atoms with Gasteiger partial charge in [-0.05, 0) is 42.0 Å². The number of anilines is 1. The number of aromatic carboxylic acids is 1. The molecular weight excluding hydrogens is 446 g/mol. The summed E-state index contributed by atoms with van der Waals surface area (Å²) in [5.41, 5.74) is 5.01. The van der Waals surface area contributed by atoms with Crippen molar-refractivity contribution in [3.05, 3.63) is 65.9 Å². The van der Waals surface area contributed by atoms with Crippen LogP contribution in [0, 0.1) is 23.2 Å². The van der Waals surface area contributed by atoms with Crippen LogP contribution in [-0.2, 0) is 4.74 Å². The number of furan rings is 1. The number of hydrogen-bond acceptors (Lipinski definition) is 7. The molecule has 1 aliphatic heterocycles. The van der Waals surface area contributed by atoms with E-state index in [1.54, 1.807) is 18.3 Å². The zero-order chi connectivity index (χ0) is 24.1. The van der Waals surface area contributed by atoms with Gasteiger partial charge in [0.1, 0.15) is 23.1 Å². The molecule has 2 unspecified atom stereocenters. The fourth-order valence-electron chi connectivity index (χ4n) is 4.89. The molecule has 6 rings (SSSR count). The van der Waals surface area contributed by atoms with Gasteiger partial charge < -0.3 is 24.3 Å². The Morgan fingerprint density at radius 3 is 2.71 bits per heavy atom. The normalized spacial score (nSPS) is 20.3. The van der Waals surface area contributed by atoms with Crippen molar-refractivity contribution in [1.82, 2.24) is 4.98 Å². The van der Waals surface area contributed by atoms with E-state index in [-0.39, 0.29) is 5.56 Å². The van der Waals surface area contributed by atoms with E-state index in [9.17, 15) is 15.2 Å². The molecule has 0 amide bonds. The molecule has 1 saturated heterocycles. The number of pyridine rings is 1. The first-order valence-electron chi connectivity index (χ1n) is 11.3. The van der Waals surface area contributed by atoms with Gasteiger partial charge in [-0.3, -0.25) is 4.98 Å². The summed E-state index contributed by atoms with van der Waals surface area (Å²) in [5.74, 6) is 0.930. The van der Waals surface area contributed by atoms with Crippen molar-refractivity contribution in [1.29, 1.82) is 5.26 Å². The van der Waals surface area contributed by atoms with E-state index >= 15 is 0 Å². The number of fused-ring (bicyclic) bond motifs is 2. The van der Waals surface area contributed by atoms with Crippen LogP contribution in [0.5, 0.6) is 5.75 Å². The molecule has 2 aliphatic rings. The smallest absolute Gasteiger partial charge is 0.335 e. The highest BCUT2D eigenvalue weighted by Gasteiger charge is 2.54. The summed E-state index contributed by atoms with van der Waals surface area (Å²) in [6.45, 7) is 1.56. The van der Waals surface area contributed by atoms with E-state index in [0.29, 0.717) is 51.6 Å². The number of hydrogen-bond donors (Lipinski definition) is 2. The maximum Gasteiger partial charge on any atom is 0.335 e. The van der Waals surface area contributed by atoms with Gasteiger partial charge in [0.25, 0.3) is 0 Å². The molecule has 174 valence electrons. The number of ether oxygens (including phenoxy) is 2. The van der Waals surface area contributed by atoms with Gasteiger partial charge in [0.2, 0.25) is 0 Å². The standard InChI is InChI=1S/C27H21N3O5/c1-33-23-9-15(27(31)32)2-4-18(23)24-10-22-26(35-24)17(6-7-29-22)14-3-5-21(16(8-14)11-28)30-25-19-12-34-13-20(19)25/h2-10,19-20,25,30H,12-13H2,1H3,(H,31,32). The molecule has 3 heterocycles. The van der Waals surface area contributed by atoms with Crippen LogP contribution >= 0.6 is 0 Å². The largest absolute Gasteiger partial charge is 0.496 e. The Hall–Kier alpha value is -4.35. The number of carboxylic acids is 1. The second-order valence-electron chi connectivity index (χ2n) is 8.81. The molecule has 35 heavy (non-hydrogen) atoms. The summed E-state index contributed by atoms with van der Waals surface area (Å²) < 4.78 is 17.1. The number of carbonyl (C=O) groups is 1. The Balaban J connectivity index is 1.37. The third-order valence-corrected chi connectivity index (χ3v) is 6.85. The SMILES string of the molecule is COc1cc(C(=O)O)ccc1-c1cc2nccc(-c3ccc(NC4C5COCC54)c(C#N)c3)c2o1. The quantitative estimate of drug-likeness (QED) is 0.415. The molecule has 0 bridgehead atoms. The number of methoxy groups -OCH3 is 1. The first-order chi connectivity index (χ1) is 17.1. The summed E-state index contributed by atoms with van der Waals surface area (Å²) in [4.78, 5) is 15.8. The number of nitrogens with zero attached hydrogens (tertiary/aromatic N) is 2. The van der Waals surface area contributed by atoms with E-state index < -0.39 is 5.97 Å². The predicted octanol–water partition coefficient (Wildman–Crippen LogP) is 4.80. The first kappa shape index (κ1) is 21.2. The minimum absolute atomic E-state index is 0.126. The van der Waals surface area contributed by atoms with Crippen LogP contribution in [0.2, 0.25) is 0 Å². The van der Waals surface area contributed by atoms with Gasteiger partial charge in [-0.1, -0.05) is 6.07 Å². The van der Waals surface area contributed by atoms with Crippen molar-refractivity contribution in [2.45, 2.75) is 6.04 Å². The van der Waals surface area contributed by atoms with Gasteiger partial charge in [0.05, 0.1) is 42.7 Å². The predicted molar refractivity (Wildman–Crippen MR) is 128 cm³/mol. The van der Waals surface area contributed by atoms with Crippen LogP contribution in [0.25, 0.3) is 33.6 Å². The van der Waals surface area contributed by atoms with E-state index in [0.717, 1.165) is 30.0 Å². The molecule has 4 aromatic rings. The van der Waals surface area contributed by atoms with Gasteiger partial charge in [-0.25, -0.2) is 4.79 Å². The Kier molecular flexibility index (Phi) is 4.94. The second kappa shape index (κ2) is 8.15. The number of aromatic nitrogens is 1. The third-order valence-electron chi connectivity index (χ3n) is 6.85. The maximum atomic E-state index is 11.3. The molecule has 8 heteroatoms. The lowest BCUT2D eigenvalue weighted by Gasteiger charge is -2.12. The Bertz CT molecular complexity index is 1510. The van der Waals surface area contributed by atoms with E-state index in [1.165, 1.54) is 19.2 Å². The Labute approximate surface area is 200 Å². The van der Waals surface area contributed by atoms with Gasteiger partial charge >= 0.3 is 5.97 Å². The van der Waals surface area contributed by atoms with Crippen molar-refractivity contribution in [2.24, 2.45) is 11.8 Å². The zero-order valence-electron chi connectivity index (χ0n) is 18.8. The molecule has 2 aromatic heterocycles. The monoisotopic (exact) mass is 467 g/mol. The van der Waals surface area contributed by atoms with Crippen LogP contribution in [0.1, 0.15) is 15.9 Å². The van der Waals surface area contributed by atoms with Crippen LogP contribution in [0.4, 0.5) is 5.69 Å². The highest BCUT2D eigenvalue weighted by atomic mass is 16.5. The molecule has 1 aliphatic carbocycles. The van der Waals surface area contributed by atoms with Crippen molar-refractivity contribution in [2.75, 3.05) is 25.6 Å². The maximum absolute atomic E-state index is 11.3. The lowest BCUT2D eigenvalue weighted by molar-refractivity contribution is 0.0696. The fourth-order valence-corrected chi connectivity index (χ4v) is 4.89. The van der Waals surface area contributed by atoms with Crippen LogP contribution in [0.3, 0.4) is 0 Å². The van der Waals surface area contributed by atoms with Crippen molar-refractivity contribution in [3.8, 4) is 34.3 Å². The van der Waals surface area contributed by atoms with Gasteiger partial charge in [0.15, 0.2) is 5.58 Å². The molecule has 2 N–H and O–H groups in total. The molecule has 0 radical (unpaired) electrons. The van der Waals surface area contributed by atoms with E-state index in [2.05, 4.69) is 16.4 Å². The van der Waals surface area contributed by atoms with Crippen LogP contribution in [-0.4, -0.2) is 42.4 Å². The van der Waals surface area contributed by atoms with Gasteiger partial charge in [-0.15, -0.1) is 0 Å². The van der Waals surface area contributed by atoms with E-state index in [4.69, 9.17) is 13.9 Å². The van der Waals surface area contributed by atoms with Crippen molar-refractivity contribution < 1.29 is 23.8 Å². The molecule has 1 saturated carbocycles. The zero-order valence-corrected chi connectivity index (χ0v) is 18.8. The number of nitriles is 1. The summed E-state index contributed by atoms with van der Waals surface area (Å²) in [5, 5.41) is 22.6. The highest BCUT2D eigenvalue weighted by molar-refractivity contribution is 5.94. The molecular formula is C27H21N3O5. The average Bonchev–Trinajstić information content (AvgIpc) is 3.24. The van der Waals surface area contributed by atoms with E-state index in [1.807, 2.05) is 24.3 Å². The number of nitrogens with one attached hydrogen (secondary N) is 1. The topological polar surface area (TPSA) is 118 Å². The highest BCUT2D eigenvalue weighted by Crippen LogP contribution is 2.46. The fraction of sp³-hybridized carbons (Fsp3) is 0.222. The molecule has 8 nitrogen and oxygen atoms in total. The van der Waals surface area contributed by atoms with Crippen molar-refractivity contribution in [3.63, 3.8) is 0 Å². The van der Waals surface area contributed by atoms with Gasteiger partial charge in [0, 0.05) is 35.7 Å². The molecule has 0 spiro atoms. The number of benzene rings is 2. The third kappa shape index (κ3) is 3.57. The number of carboxylic acid groups (broad SMARTS) is 1. The average molecular weight is 467 g/mol. The van der Waals surface area contributed by atoms with Crippen LogP contribution < -0.4 is 10.1 Å². The molecule has 2 aromatic carbocycles. The van der Waals surface area contributed by atoms with Gasteiger partial charge in [-0.2, -0.15) is 5.26 Å². The summed E-state index contributed by atoms with van der Waals surface area (Å²) in [6, 6.07) is 16.7. The van der Waals surface area contributed by atoms with Crippen LogP contribution in [0.15, 0.2) is 59.1 Å². The Morgan fingerprint density at radius 2 is 1.97 bits per heavy atom. The summed E-state index contributed by atoms with van der Waals surface area (Å²) in [6.07, 6.45) is 1.70. The molecule has 2 atom stereocenters. The lowest BCUT2D eigenvalue weighted by atomic mass is 10.0. The second-order valence-corrected chi connectivity index (χ2v) is 8.81. The first-order valence-corrected chi connectivity index (χ1v) is 11.3. The number of rotatable bonds is 6. The Morgan fingerprint density at radius 1 is 1.14 bits per heavy atom.